The summed E-state index contributed by atoms with van der Waals surface area (Å²) in [5.41, 5.74) is 0. The summed E-state index contributed by atoms with van der Waals surface area (Å²) < 4.78 is 28.3. The van der Waals surface area contributed by atoms with Crippen molar-refractivity contribution in [2.24, 2.45) is 0 Å². The summed E-state index contributed by atoms with van der Waals surface area (Å²) in [4.78, 5) is 51.1. The first-order valence-electron chi connectivity index (χ1n) is 29.9. The highest BCUT2D eigenvalue weighted by atomic mass is 16.7. The highest BCUT2D eigenvalue weighted by Crippen LogP contribution is 2.26. The molecule has 6 unspecified atom stereocenters. The van der Waals surface area contributed by atoms with E-state index < -0.39 is 67.3 Å². The largest absolute Gasteiger partial charge is 0.479 e. The minimum Gasteiger partial charge on any atom is -0.479 e. The molecular formula is C63H106O12. The van der Waals surface area contributed by atoms with Gasteiger partial charge in [-0.2, -0.15) is 0 Å². The van der Waals surface area contributed by atoms with Crippen molar-refractivity contribution in [3.05, 3.63) is 72.9 Å². The standard InChI is InChI=1S/C63H106O12/c1-4-7-10-13-16-19-22-25-26-27-28-29-30-33-36-39-42-45-48-51-57(66)74-61-59(68)58(67)60(62(69)70)75-63(61)72-53-54(73-56(65)50-47-44-41-38-35-32-24-21-18-15-12-9-6-3)52-71-55(64)49-46-43-40-37-34-31-23-20-17-14-11-8-5-2/h7,10,16,19,25-26,28-29,33,36,42,45,54,58-61,63,67-68H,4-6,8-9,11-15,17-18,20-24,27,30-32,34-35,37-41,43-44,46-53H2,1-3H3,(H,69,70)/b10-7-,19-16-,26-25-,29-28-,36-33-,45-42-. The van der Waals surface area contributed by atoms with Crippen LogP contribution in [-0.2, 0) is 42.9 Å². The van der Waals surface area contributed by atoms with Crippen LogP contribution in [0, 0.1) is 0 Å². The molecule has 0 aromatic rings. The van der Waals surface area contributed by atoms with Gasteiger partial charge in [-0.05, 0) is 57.8 Å². The van der Waals surface area contributed by atoms with Gasteiger partial charge in [-0.25, -0.2) is 4.79 Å². The second-order valence-corrected chi connectivity index (χ2v) is 20.3. The van der Waals surface area contributed by atoms with Gasteiger partial charge in [-0.3, -0.25) is 14.4 Å². The summed E-state index contributed by atoms with van der Waals surface area (Å²) >= 11 is 0. The Bertz CT molecular complexity index is 1580. The van der Waals surface area contributed by atoms with Crippen molar-refractivity contribution in [2.45, 2.75) is 289 Å². The maximum Gasteiger partial charge on any atom is 0.335 e. The normalized spacial score (nSPS) is 18.7. The van der Waals surface area contributed by atoms with E-state index in [4.69, 9.17) is 23.7 Å². The summed E-state index contributed by atoms with van der Waals surface area (Å²) in [5.74, 6) is -3.21. The van der Waals surface area contributed by atoms with Gasteiger partial charge in [0.15, 0.2) is 24.6 Å². The van der Waals surface area contributed by atoms with Gasteiger partial charge in [-0.1, -0.05) is 248 Å². The van der Waals surface area contributed by atoms with E-state index in [1.165, 1.54) is 116 Å². The first-order chi connectivity index (χ1) is 36.6. The molecule has 3 N–H and O–H groups in total. The van der Waals surface area contributed by atoms with Gasteiger partial charge in [0, 0.05) is 19.3 Å². The molecular weight excluding hydrogens is 949 g/mol. The van der Waals surface area contributed by atoms with Gasteiger partial charge in [0.05, 0.1) is 6.61 Å². The topological polar surface area (TPSA) is 175 Å². The fourth-order valence-corrected chi connectivity index (χ4v) is 8.75. The Hall–Kier alpha value is -3.84. The number of carbonyl (C=O) groups excluding carboxylic acids is 3. The lowest BCUT2D eigenvalue weighted by atomic mass is 9.98. The second-order valence-electron chi connectivity index (χ2n) is 20.3. The van der Waals surface area contributed by atoms with Crippen LogP contribution in [0.1, 0.15) is 252 Å². The van der Waals surface area contributed by atoms with Crippen LogP contribution >= 0.6 is 0 Å². The molecule has 0 aromatic heterocycles. The lowest BCUT2D eigenvalue weighted by Gasteiger charge is -2.40. The fraction of sp³-hybridized carbons (Fsp3) is 0.746. The van der Waals surface area contributed by atoms with Crippen molar-refractivity contribution in [1.82, 2.24) is 0 Å². The first kappa shape index (κ1) is 69.2. The van der Waals surface area contributed by atoms with Crippen LogP contribution in [0.25, 0.3) is 0 Å². The van der Waals surface area contributed by atoms with Crippen LogP contribution in [0.3, 0.4) is 0 Å². The molecule has 75 heavy (non-hydrogen) atoms. The summed E-state index contributed by atoms with van der Waals surface area (Å²) in [6.07, 6.45) is 51.7. The first-order valence-corrected chi connectivity index (χ1v) is 29.9. The number of carboxylic acids is 1. The number of allylic oxidation sites excluding steroid dienone is 12. The summed E-state index contributed by atoms with van der Waals surface area (Å²) in [5, 5.41) is 31.5. The number of esters is 3. The third-order valence-corrected chi connectivity index (χ3v) is 13.3. The van der Waals surface area contributed by atoms with Crippen molar-refractivity contribution in [2.75, 3.05) is 13.2 Å². The molecule has 6 atom stereocenters. The maximum atomic E-state index is 13.1. The van der Waals surface area contributed by atoms with Crippen LogP contribution < -0.4 is 0 Å². The Kier molecular flexibility index (Phi) is 47.0. The number of aliphatic hydroxyl groups excluding tert-OH is 2. The number of carboxylic acid groups (broad SMARTS) is 1. The lowest BCUT2D eigenvalue weighted by Crippen LogP contribution is -2.61. The van der Waals surface area contributed by atoms with E-state index in [9.17, 15) is 34.5 Å². The van der Waals surface area contributed by atoms with Crippen LogP contribution in [0.5, 0.6) is 0 Å². The monoisotopic (exact) mass is 1050 g/mol. The van der Waals surface area contributed by atoms with Gasteiger partial charge >= 0.3 is 23.9 Å². The Morgan fingerprint density at radius 1 is 0.453 bits per heavy atom. The molecule has 1 aliphatic heterocycles. The predicted molar refractivity (Wildman–Crippen MR) is 303 cm³/mol. The molecule has 1 rings (SSSR count). The molecule has 0 saturated carbocycles. The van der Waals surface area contributed by atoms with Gasteiger partial charge in [0.2, 0.25) is 0 Å². The number of unbranched alkanes of at least 4 members (excludes halogenated alkanes) is 24. The zero-order chi connectivity index (χ0) is 54.7. The number of carbonyl (C=O) groups is 4. The van der Waals surface area contributed by atoms with E-state index in [2.05, 4.69) is 75.5 Å². The van der Waals surface area contributed by atoms with Crippen molar-refractivity contribution in [3.63, 3.8) is 0 Å². The highest BCUT2D eigenvalue weighted by Gasteiger charge is 2.50. The summed E-state index contributed by atoms with van der Waals surface area (Å²) in [6.45, 7) is 5.86. The van der Waals surface area contributed by atoms with E-state index in [1.54, 1.807) is 0 Å². The molecule has 12 heteroatoms. The third kappa shape index (κ3) is 41.0. The molecule has 0 amide bonds. The number of ether oxygens (including phenoxy) is 5. The Balaban J connectivity index is 2.72. The summed E-state index contributed by atoms with van der Waals surface area (Å²) in [6, 6.07) is 0. The molecule has 12 nitrogen and oxygen atoms in total. The molecule has 430 valence electrons. The molecule has 0 radical (unpaired) electrons. The van der Waals surface area contributed by atoms with Crippen LogP contribution in [0.4, 0.5) is 0 Å². The predicted octanol–water partition coefficient (Wildman–Crippen LogP) is 15.3. The van der Waals surface area contributed by atoms with E-state index in [-0.39, 0.29) is 25.9 Å². The van der Waals surface area contributed by atoms with Crippen molar-refractivity contribution in [3.8, 4) is 0 Å². The Labute approximate surface area is 455 Å². The Morgan fingerprint density at radius 2 is 0.840 bits per heavy atom. The van der Waals surface area contributed by atoms with Crippen LogP contribution in [-0.4, -0.2) is 89.2 Å². The average Bonchev–Trinajstić information content (AvgIpc) is 3.39. The molecule has 1 aliphatic rings. The second kappa shape index (κ2) is 50.9. The molecule has 0 aromatic carbocycles. The number of hydrogen-bond donors (Lipinski definition) is 3. The van der Waals surface area contributed by atoms with Gasteiger partial charge < -0.3 is 39.0 Å². The third-order valence-electron chi connectivity index (χ3n) is 13.3. The van der Waals surface area contributed by atoms with E-state index >= 15 is 0 Å². The van der Waals surface area contributed by atoms with E-state index in [0.717, 1.165) is 70.6 Å². The number of hydrogen-bond acceptors (Lipinski definition) is 11. The maximum absolute atomic E-state index is 13.1. The highest BCUT2D eigenvalue weighted by molar-refractivity contribution is 5.74. The fourth-order valence-electron chi connectivity index (χ4n) is 8.75. The molecule has 1 saturated heterocycles. The average molecular weight is 1060 g/mol. The van der Waals surface area contributed by atoms with Gasteiger partial charge in [0.25, 0.3) is 0 Å². The molecule has 0 bridgehead atoms. The van der Waals surface area contributed by atoms with E-state index in [1.807, 2.05) is 18.2 Å². The van der Waals surface area contributed by atoms with Gasteiger partial charge in [-0.15, -0.1) is 0 Å². The lowest BCUT2D eigenvalue weighted by molar-refractivity contribution is -0.301. The molecule has 0 aliphatic carbocycles. The van der Waals surface area contributed by atoms with Crippen molar-refractivity contribution in [1.29, 1.82) is 0 Å². The van der Waals surface area contributed by atoms with Gasteiger partial charge in [0.1, 0.15) is 18.8 Å². The smallest absolute Gasteiger partial charge is 0.335 e. The minimum atomic E-state index is -1.93. The SMILES string of the molecule is CC/C=C\C/C=C\C/C=C\C/C=C\C/C=C\C/C=C\CCC(=O)OC1C(OCC(COC(=O)CCCCCCCCCCCCCCC)OC(=O)CCCCCCCCCCCCCCC)OC(C(=O)O)C(O)C1O. The molecule has 0 spiro atoms. The van der Waals surface area contributed by atoms with E-state index in [0.29, 0.717) is 25.7 Å². The Morgan fingerprint density at radius 3 is 1.25 bits per heavy atom. The number of aliphatic hydroxyl groups is 2. The number of aliphatic carboxylic acids is 1. The van der Waals surface area contributed by atoms with Crippen LogP contribution in [0.2, 0.25) is 0 Å². The summed E-state index contributed by atoms with van der Waals surface area (Å²) in [7, 11) is 0. The quantitative estimate of drug-likeness (QED) is 0.0228. The molecule has 1 heterocycles. The zero-order valence-corrected chi connectivity index (χ0v) is 47.3. The minimum absolute atomic E-state index is 0.0643. The zero-order valence-electron chi connectivity index (χ0n) is 47.3. The molecule has 1 fully saturated rings. The van der Waals surface area contributed by atoms with Crippen molar-refractivity contribution >= 4 is 23.9 Å². The van der Waals surface area contributed by atoms with Crippen LogP contribution in [0.15, 0.2) is 72.9 Å². The van der Waals surface area contributed by atoms with Crippen molar-refractivity contribution < 1.29 is 58.2 Å². The number of rotatable bonds is 50.